The molecule has 2 aromatic rings. The number of carbonyl (C=O) groups is 4. The van der Waals surface area contributed by atoms with E-state index in [1.807, 2.05) is 0 Å². The molecule has 1 aliphatic rings. The van der Waals surface area contributed by atoms with Crippen molar-refractivity contribution in [2.75, 3.05) is 25.0 Å². The molecule has 1 aliphatic heterocycles. The highest BCUT2D eigenvalue weighted by Crippen LogP contribution is 2.26. The van der Waals surface area contributed by atoms with Crippen LogP contribution in [-0.2, 0) is 24.4 Å². The van der Waals surface area contributed by atoms with Crippen LogP contribution in [0.4, 0.5) is 5.69 Å². The molecular formula is C24H29N7O7S. The van der Waals surface area contributed by atoms with Crippen molar-refractivity contribution in [3.8, 4) is 0 Å². The molecule has 39 heavy (non-hydrogen) atoms. The second-order valence-electron chi connectivity index (χ2n) is 8.59. The fourth-order valence-electron chi connectivity index (χ4n) is 3.92. The van der Waals surface area contributed by atoms with Gasteiger partial charge in [0.15, 0.2) is 5.96 Å². The molecule has 0 spiro atoms. The molecular weight excluding hydrogens is 530 g/mol. The van der Waals surface area contributed by atoms with Crippen LogP contribution in [-0.4, -0.2) is 79.2 Å². The Hall–Kier alpha value is -4.50. The number of sulfonamides is 1. The molecule has 0 aromatic heterocycles. The second kappa shape index (κ2) is 12.8. The van der Waals surface area contributed by atoms with Gasteiger partial charge in [-0.25, -0.2) is 13.2 Å². The quantitative estimate of drug-likeness (QED) is 0.136. The van der Waals surface area contributed by atoms with Crippen molar-refractivity contribution in [3.63, 3.8) is 0 Å². The minimum absolute atomic E-state index is 0.0237. The van der Waals surface area contributed by atoms with Gasteiger partial charge in [0, 0.05) is 24.3 Å². The fourth-order valence-corrected chi connectivity index (χ4v) is 5.60. The third kappa shape index (κ3) is 7.75. The number of amides is 3. The molecule has 1 saturated heterocycles. The summed E-state index contributed by atoms with van der Waals surface area (Å²) in [7, 11) is -3.97. The van der Waals surface area contributed by atoms with Crippen LogP contribution in [0.25, 0.3) is 0 Å². The normalized spacial score (nSPS) is 16.1. The zero-order valence-corrected chi connectivity index (χ0v) is 21.5. The standard InChI is InChI=1S/C24H29N7O7S/c25-24(26)29-16-7-4-6-15(12-16)21(33)28-14-20(32)27-13-18(23(35)36)30-22(34)19-10-5-11-31(19)39(37,38)17-8-2-1-3-9-17/h1-4,6-9,12,18-19H,5,10-11,13-14H2,(H,27,32)(H,28,33)(H,30,34)(H,35,36)(H4,25,26,29)/t18?,19-/m0/s1. The number of rotatable bonds is 11. The molecule has 0 bridgehead atoms. The Kier molecular flexibility index (Phi) is 9.57. The Balaban J connectivity index is 1.54. The van der Waals surface area contributed by atoms with E-state index in [0.717, 1.165) is 4.31 Å². The number of benzene rings is 2. The lowest BCUT2D eigenvalue weighted by Gasteiger charge is -2.25. The topological polar surface area (TPSA) is 224 Å². The maximum atomic E-state index is 13.0. The van der Waals surface area contributed by atoms with E-state index in [4.69, 9.17) is 11.1 Å². The van der Waals surface area contributed by atoms with Gasteiger partial charge in [-0.15, -0.1) is 0 Å². The summed E-state index contributed by atoms with van der Waals surface area (Å²) in [5, 5.41) is 26.3. The molecule has 0 saturated carbocycles. The number of hydrogen-bond donors (Lipinski definition) is 7. The Morgan fingerprint density at radius 3 is 2.46 bits per heavy atom. The van der Waals surface area contributed by atoms with Gasteiger partial charge in [-0.3, -0.25) is 19.8 Å². The first-order chi connectivity index (χ1) is 18.5. The molecule has 14 nitrogen and oxygen atoms in total. The van der Waals surface area contributed by atoms with E-state index in [2.05, 4.69) is 21.3 Å². The van der Waals surface area contributed by atoms with Crippen molar-refractivity contribution in [1.29, 1.82) is 5.41 Å². The second-order valence-corrected chi connectivity index (χ2v) is 10.5. The Morgan fingerprint density at radius 2 is 1.79 bits per heavy atom. The minimum atomic E-state index is -3.97. The lowest BCUT2D eigenvalue weighted by atomic mass is 10.2. The molecule has 0 radical (unpaired) electrons. The molecule has 15 heteroatoms. The van der Waals surface area contributed by atoms with E-state index in [0.29, 0.717) is 12.1 Å². The average Bonchev–Trinajstić information content (AvgIpc) is 3.41. The van der Waals surface area contributed by atoms with Gasteiger partial charge in [-0.05, 0) is 43.2 Å². The van der Waals surface area contributed by atoms with Gasteiger partial charge in [0.1, 0.15) is 12.1 Å². The van der Waals surface area contributed by atoms with Crippen molar-refractivity contribution in [2.24, 2.45) is 5.73 Å². The maximum Gasteiger partial charge on any atom is 0.328 e. The van der Waals surface area contributed by atoms with Gasteiger partial charge in [0.25, 0.3) is 5.91 Å². The van der Waals surface area contributed by atoms with Gasteiger partial charge >= 0.3 is 5.97 Å². The third-order valence-corrected chi connectivity index (χ3v) is 7.71. The Morgan fingerprint density at radius 1 is 1.08 bits per heavy atom. The van der Waals surface area contributed by atoms with Crippen LogP contribution in [0.15, 0.2) is 59.5 Å². The van der Waals surface area contributed by atoms with E-state index >= 15 is 0 Å². The Bertz CT molecular complexity index is 1350. The predicted octanol–water partition coefficient (Wildman–Crippen LogP) is -0.739. The Labute approximate surface area is 224 Å². The summed E-state index contributed by atoms with van der Waals surface area (Å²) >= 11 is 0. The number of carboxylic acid groups (broad SMARTS) is 1. The molecule has 3 rings (SSSR count). The number of nitrogens with one attached hydrogen (secondary N) is 5. The number of carboxylic acids is 1. The van der Waals surface area contributed by atoms with Crippen molar-refractivity contribution in [1.82, 2.24) is 20.3 Å². The van der Waals surface area contributed by atoms with Crippen LogP contribution in [0.5, 0.6) is 0 Å². The lowest BCUT2D eigenvalue weighted by molar-refractivity contribution is -0.142. The number of nitrogens with zero attached hydrogens (tertiary/aromatic N) is 1. The first-order valence-electron chi connectivity index (χ1n) is 11.8. The van der Waals surface area contributed by atoms with Gasteiger partial charge in [0.2, 0.25) is 21.8 Å². The summed E-state index contributed by atoms with van der Waals surface area (Å²) in [6.07, 6.45) is 0.637. The van der Waals surface area contributed by atoms with Crippen LogP contribution in [0, 0.1) is 5.41 Å². The first kappa shape index (κ1) is 29.1. The molecule has 208 valence electrons. The lowest BCUT2D eigenvalue weighted by Crippen LogP contribution is -2.54. The maximum absolute atomic E-state index is 13.0. The molecule has 2 aromatic carbocycles. The van der Waals surface area contributed by atoms with Crippen LogP contribution >= 0.6 is 0 Å². The summed E-state index contributed by atoms with van der Waals surface area (Å²) in [6, 6.07) is 11.0. The molecule has 8 N–H and O–H groups in total. The molecule has 2 atom stereocenters. The molecule has 1 unspecified atom stereocenters. The third-order valence-electron chi connectivity index (χ3n) is 5.79. The number of anilines is 1. The minimum Gasteiger partial charge on any atom is -0.480 e. The first-order valence-corrected chi connectivity index (χ1v) is 13.3. The number of aliphatic carboxylic acids is 1. The van der Waals surface area contributed by atoms with Gasteiger partial charge in [0.05, 0.1) is 11.4 Å². The highest BCUT2D eigenvalue weighted by molar-refractivity contribution is 7.89. The van der Waals surface area contributed by atoms with Gasteiger partial charge < -0.3 is 32.1 Å². The largest absolute Gasteiger partial charge is 0.480 e. The number of carbonyl (C=O) groups excluding carboxylic acids is 3. The van der Waals surface area contributed by atoms with Crippen molar-refractivity contribution >= 4 is 45.4 Å². The highest BCUT2D eigenvalue weighted by atomic mass is 32.2. The summed E-state index contributed by atoms with van der Waals surface area (Å²) in [6.45, 7) is -0.863. The van der Waals surface area contributed by atoms with Crippen LogP contribution in [0.2, 0.25) is 0 Å². The van der Waals surface area contributed by atoms with E-state index in [9.17, 15) is 32.7 Å². The molecule has 3 amide bonds. The zero-order chi connectivity index (χ0) is 28.6. The highest BCUT2D eigenvalue weighted by Gasteiger charge is 2.40. The van der Waals surface area contributed by atoms with Crippen molar-refractivity contribution < 1.29 is 32.7 Å². The summed E-state index contributed by atoms with van der Waals surface area (Å²) in [5.41, 5.74) is 5.86. The van der Waals surface area contributed by atoms with Crippen LogP contribution < -0.4 is 27.0 Å². The molecule has 0 aliphatic carbocycles. The van der Waals surface area contributed by atoms with Gasteiger partial charge in [-0.1, -0.05) is 24.3 Å². The van der Waals surface area contributed by atoms with E-state index in [1.165, 1.54) is 24.3 Å². The average molecular weight is 560 g/mol. The van der Waals surface area contributed by atoms with E-state index in [-0.39, 0.29) is 29.4 Å². The smallest absolute Gasteiger partial charge is 0.328 e. The number of hydrogen-bond acceptors (Lipinski definition) is 7. The van der Waals surface area contributed by atoms with Crippen LogP contribution in [0.3, 0.4) is 0 Å². The number of nitrogens with two attached hydrogens (primary N) is 1. The predicted molar refractivity (Wildman–Crippen MR) is 140 cm³/mol. The number of guanidine groups is 1. The van der Waals surface area contributed by atoms with Crippen molar-refractivity contribution in [3.05, 3.63) is 60.2 Å². The van der Waals surface area contributed by atoms with E-state index in [1.54, 1.807) is 30.3 Å². The summed E-state index contributed by atoms with van der Waals surface area (Å²) in [5.74, 6) is -3.85. The molecule has 1 fully saturated rings. The fraction of sp³-hybridized carbons (Fsp3) is 0.292. The van der Waals surface area contributed by atoms with E-state index < -0.39 is 58.9 Å². The monoisotopic (exact) mass is 559 g/mol. The zero-order valence-electron chi connectivity index (χ0n) is 20.7. The SMILES string of the molecule is N=C(N)Nc1cccc(C(=O)NCC(=O)NCC(NC(=O)[C@@H]2CCCN2S(=O)(=O)c2ccccc2)C(=O)O)c1. The summed E-state index contributed by atoms with van der Waals surface area (Å²) in [4.78, 5) is 49.2. The summed E-state index contributed by atoms with van der Waals surface area (Å²) < 4.78 is 27.0. The van der Waals surface area contributed by atoms with Crippen molar-refractivity contribution in [2.45, 2.75) is 29.8 Å². The molecule has 1 heterocycles. The van der Waals surface area contributed by atoms with Crippen LogP contribution in [0.1, 0.15) is 23.2 Å². The van der Waals surface area contributed by atoms with Gasteiger partial charge in [-0.2, -0.15) is 4.31 Å².